The molecule has 20 heavy (non-hydrogen) atoms. The standard InChI is InChI=1S/C14H10ClFN2O2/c15-12-6-5-10(7-11(12)14(19)20)18-17-8-9-3-1-2-4-13(9)16/h1-8,18H,(H,19,20)/b17-8-. The summed E-state index contributed by atoms with van der Waals surface area (Å²) in [5, 5.41) is 12.9. The first kappa shape index (κ1) is 14.0. The van der Waals surface area contributed by atoms with E-state index in [2.05, 4.69) is 10.5 Å². The maximum atomic E-state index is 13.3. The Hall–Kier alpha value is -2.40. The highest BCUT2D eigenvalue weighted by Crippen LogP contribution is 2.20. The average molecular weight is 293 g/mol. The molecule has 0 radical (unpaired) electrons. The number of rotatable bonds is 4. The summed E-state index contributed by atoms with van der Waals surface area (Å²) in [4.78, 5) is 10.9. The zero-order valence-electron chi connectivity index (χ0n) is 10.2. The Morgan fingerprint density at radius 2 is 2.05 bits per heavy atom. The summed E-state index contributed by atoms with van der Waals surface area (Å²) in [5.41, 5.74) is 3.36. The minimum atomic E-state index is -1.13. The quantitative estimate of drug-likeness (QED) is 0.668. The van der Waals surface area contributed by atoms with E-state index in [-0.39, 0.29) is 16.4 Å². The molecular weight excluding hydrogens is 283 g/mol. The van der Waals surface area contributed by atoms with E-state index in [4.69, 9.17) is 16.7 Å². The van der Waals surface area contributed by atoms with Gasteiger partial charge in [0, 0.05) is 5.56 Å². The molecule has 0 amide bonds. The van der Waals surface area contributed by atoms with Gasteiger partial charge in [-0.2, -0.15) is 5.10 Å². The van der Waals surface area contributed by atoms with Crippen LogP contribution in [0.5, 0.6) is 0 Å². The molecule has 0 saturated carbocycles. The van der Waals surface area contributed by atoms with Crippen molar-refractivity contribution in [3.8, 4) is 0 Å². The van der Waals surface area contributed by atoms with Gasteiger partial charge in [0.2, 0.25) is 0 Å². The van der Waals surface area contributed by atoms with Gasteiger partial charge in [0.05, 0.1) is 22.5 Å². The summed E-state index contributed by atoms with van der Waals surface area (Å²) in [7, 11) is 0. The molecule has 0 atom stereocenters. The smallest absolute Gasteiger partial charge is 0.337 e. The fourth-order valence-electron chi connectivity index (χ4n) is 1.51. The molecule has 0 heterocycles. The Morgan fingerprint density at radius 1 is 1.30 bits per heavy atom. The van der Waals surface area contributed by atoms with Gasteiger partial charge < -0.3 is 5.11 Å². The van der Waals surface area contributed by atoms with E-state index in [0.717, 1.165) is 0 Å². The van der Waals surface area contributed by atoms with Gasteiger partial charge in [0.15, 0.2) is 0 Å². The van der Waals surface area contributed by atoms with Gasteiger partial charge in [-0.05, 0) is 24.3 Å². The van der Waals surface area contributed by atoms with Crippen LogP contribution >= 0.6 is 11.6 Å². The zero-order valence-corrected chi connectivity index (χ0v) is 10.9. The topological polar surface area (TPSA) is 61.7 Å². The van der Waals surface area contributed by atoms with Gasteiger partial charge in [-0.25, -0.2) is 9.18 Å². The molecule has 102 valence electrons. The van der Waals surface area contributed by atoms with Crippen LogP contribution in [0.25, 0.3) is 0 Å². The predicted octanol–water partition coefficient (Wildman–Crippen LogP) is 3.62. The van der Waals surface area contributed by atoms with Crippen LogP contribution in [0.3, 0.4) is 0 Å². The van der Waals surface area contributed by atoms with Gasteiger partial charge in [-0.1, -0.05) is 29.8 Å². The lowest BCUT2D eigenvalue weighted by Gasteiger charge is -2.03. The molecule has 6 heteroatoms. The van der Waals surface area contributed by atoms with Gasteiger partial charge in [0.1, 0.15) is 5.82 Å². The van der Waals surface area contributed by atoms with Gasteiger partial charge in [0.25, 0.3) is 0 Å². The van der Waals surface area contributed by atoms with Gasteiger partial charge >= 0.3 is 5.97 Å². The third kappa shape index (κ3) is 3.33. The van der Waals surface area contributed by atoms with Crippen LogP contribution < -0.4 is 5.43 Å². The molecule has 0 aromatic heterocycles. The van der Waals surface area contributed by atoms with Crippen molar-refractivity contribution in [2.45, 2.75) is 0 Å². The normalized spacial score (nSPS) is 10.7. The number of carbonyl (C=O) groups is 1. The Balaban J connectivity index is 2.14. The van der Waals surface area contributed by atoms with E-state index in [0.29, 0.717) is 11.3 Å². The van der Waals surface area contributed by atoms with Crippen molar-refractivity contribution >= 4 is 29.5 Å². The van der Waals surface area contributed by atoms with Crippen molar-refractivity contribution in [2.24, 2.45) is 5.10 Å². The molecule has 0 aliphatic rings. The summed E-state index contributed by atoms with van der Waals surface area (Å²) in [5.74, 6) is -1.52. The molecule has 0 saturated heterocycles. The fraction of sp³-hybridized carbons (Fsp3) is 0. The minimum Gasteiger partial charge on any atom is -0.478 e. The molecule has 2 N–H and O–H groups in total. The maximum absolute atomic E-state index is 13.3. The number of halogens is 2. The van der Waals surface area contributed by atoms with E-state index >= 15 is 0 Å². The molecule has 2 aromatic rings. The monoisotopic (exact) mass is 292 g/mol. The number of carboxylic acids is 1. The van der Waals surface area contributed by atoms with Crippen molar-refractivity contribution in [1.29, 1.82) is 0 Å². The number of hydrogen-bond donors (Lipinski definition) is 2. The van der Waals surface area contributed by atoms with Crippen LogP contribution in [-0.2, 0) is 0 Å². The Morgan fingerprint density at radius 3 is 2.75 bits per heavy atom. The van der Waals surface area contributed by atoms with Crippen molar-refractivity contribution in [3.05, 3.63) is 64.4 Å². The second-order valence-corrected chi connectivity index (χ2v) is 4.30. The van der Waals surface area contributed by atoms with Crippen molar-refractivity contribution in [1.82, 2.24) is 0 Å². The van der Waals surface area contributed by atoms with E-state index in [1.54, 1.807) is 24.3 Å². The number of nitrogens with one attached hydrogen (secondary N) is 1. The zero-order chi connectivity index (χ0) is 14.5. The van der Waals surface area contributed by atoms with Crippen molar-refractivity contribution < 1.29 is 14.3 Å². The average Bonchev–Trinajstić information content (AvgIpc) is 2.42. The number of anilines is 1. The molecule has 0 spiro atoms. The Bertz CT molecular complexity index is 674. The largest absolute Gasteiger partial charge is 0.478 e. The number of hydrazone groups is 1. The molecule has 2 aromatic carbocycles. The van der Waals surface area contributed by atoms with Gasteiger partial charge in [-0.3, -0.25) is 5.43 Å². The summed E-state index contributed by atoms with van der Waals surface area (Å²) >= 11 is 5.75. The summed E-state index contributed by atoms with van der Waals surface area (Å²) in [6, 6.07) is 10.5. The molecule has 0 aliphatic carbocycles. The number of hydrogen-bond acceptors (Lipinski definition) is 3. The highest BCUT2D eigenvalue weighted by atomic mass is 35.5. The SMILES string of the molecule is O=C(O)c1cc(N/N=C\c2ccccc2F)ccc1Cl. The van der Waals surface area contributed by atoms with E-state index < -0.39 is 5.97 Å². The highest BCUT2D eigenvalue weighted by molar-refractivity contribution is 6.33. The molecular formula is C14H10ClFN2O2. The minimum absolute atomic E-state index is 0.0299. The van der Waals surface area contributed by atoms with Crippen LogP contribution in [0, 0.1) is 5.82 Å². The third-order valence-electron chi connectivity index (χ3n) is 2.50. The lowest BCUT2D eigenvalue weighted by atomic mass is 10.2. The van der Waals surface area contributed by atoms with Crippen LogP contribution in [0.1, 0.15) is 15.9 Å². The van der Waals surface area contributed by atoms with Crippen molar-refractivity contribution in [3.63, 3.8) is 0 Å². The molecule has 2 rings (SSSR count). The highest BCUT2D eigenvalue weighted by Gasteiger charge is 2.08. The van der Waals surface area contributed by atoms with E-state index in [1.165, 1.54) is 24.4 Å². The predicted molar refractivity (Wildman–Crippen MR) is 76.0 cm³/mol. The Labute approximate surface area is 119 Å². The summed E-state index contributed by atoms with van der Waals surface area (Å²) in [6.07, 6.45) is 1.31. The summed E-state index contributed by atoms with van der Waals surface area (Å²) < 4.78 is 13.3. The Kier molecular flexibility index (Phi) is 4.32. The van der Waals surface area contributed by atoms with Crippen LogP contribution in [0.15, 0.2) is 47.6 Å². The molecule has 0 unspecified atom stereocenters. The number of aromatic carboxylic acids is 1. The fourth-order valence-corrected chi connectivity index (χ4v) is 1.71. The molecule has 0 fully saturated rings. The van der Waals surface area contributed by atoms with Crippen LogP contribution in [0.4, 0.5) is 10.1 Å². The number of carboxylic acid groups (broad SMARTS) is 1. The third-order valence-corrected chi connectivity index (χ3v) is 2.83. The number of nitrogens with zero attached hydrogens (tertiary/aromatic N) is 1. The molecule has 0 bridgehead atoms. The van der Waals surface area contributed by atoms with E-state index in [1.807, 2.05) is 0 Å². The first-order chi connectivity index (χ1) is 9.58. The second-order valence-electron chi connectivity index (χ2n) is 3.89. The number of benzene rings is 2. The summed E-state index contributed by atoms with van der Waals surface area (Å²) in [6.45, 7) is 0. The molecule has 0 aliphatic heterocycles. The van der Waals surface area contributed by atoms with Crippen LogP contribution in [-0.4, -0.2) is 17.3 Å². The lowest BCUT2D eigenvalue weighted by molar-refractivity contribution is 0.0697. The molecule has 4 nitrogen and oxygen atoms in total. The first-order valence-electron chi connectivity index (χ1n) is 5.64. The van der Waals surface area contributed by atoms with Crippen LogP contribution in [0.2, 0.25) is 5.02 Å². The van der Waals surface area contributed by atoms with Gasteiger partial charge in [-0.15, -0.1) is 0 Å². The second kappa shape index (κ2) is 6.16. The lowest BCUT2D eigenvalue weighted by Crippen LogP contribution is -1.99. The van der Waals surface area contributed by atoms with Crippen molar-refractivity contribution in [2.75, 3.05) is 5.43 Å². The maximum Gasteiger partial charge on any atom is 0.337 e. The first-order valence-corrected chi connectivity index (χ1v) is 6.02. The van der Waals surface area contributed by atoms with E-state index in [9.17, 15) is 9.18 Å².